The SMILES string of the molecule is CCCCCCOc1ccc(/C=C/C2CCCO2)cc1. The molecule has 1 saturated heterocycles. The maximum atomic E-state index is 5.74. The van der Waals surface area contributed by atoms with E-state index in [4.69, 9.17) is 9.47 Å². The molecular weight excluding hydrogens is 248 g/mol. The molecule has 1 aromatic rings. The molecule has 1 fully saturated rings. The van der Waals surface area contributed by atoms with Crippen molar-refractivity contribution in [1.82, 2.24) is 0 Å². The second kappa shape index (κ2) is 8.80. The van der Waals surface area contributed by atoms with Crippen LogP contribution in [0.5, 0.6) is 5.75 Å². The number of hydrogen-bond donors (Lipinski definition) is 0. The second-order valence-electron chi connectivity index (χ2n) is 5.39. The van der Waals surface area contributed by atoms with Gasteiger partial charge >= 0.3 is 0 Å². The number of benzene rings is 1. The molecule has 1 atom stereocenters. The first-order valence-electron chi connectivity index (χ1n) is 7.91. The third-order valence-corrected chi connectivity index (χ3v) is 3.61. The molecule has 0 radical (unpaired) electrons. The van der Waals surface area contributed by atoms with Gasteiger partial charge in [-0.15, -0.1) is 0 Å². The number of unbranched alkanes of at least 4 members (excludes halogenated alkanes) is 3. The summed E-state index contributed by atoms with van der Waals surface area (Å²) in [7, 11) is 0. The first-order chi connectivity index (χ1) is 9.88. The van der Waals surface area contributed by atoms with Crippen molar-refractivity contribution in [2.75, 3.05) is 13.2 Å². The molecule has 0 N–H and O–H groups in total. The van der Waals surface area contributed by atoms with Crippen LogP contribution in [0.4, 0.5) is 0 Å². The van der Waals surface area contributed by atoms with Crippen molar-refractivity contribution in [3.63, 3.8) is 0 Å². The molecule has 1 unspecified atom stereocenters. The quantitative estimate of drug-likeness (QED) is 0.632. The normalized spacial score (nSPS) is 18.8. The summed E-state index contributed by atoms with van der Waals surface area (Å²) in [4.78, 5) is 0. The van der Waals surface area contributed by atoms with Crippen molar-refractivity contribution in [2.24, 2.45) is 0 Å². The zero-order valence-electron chi connectivity index (χ0n) is 12.5. The van der Waals surface area contributed by atoms with Gasteiger partial charge in [0, 0.05) is 6.61 Å². The van der Waals surface area contributed by atoms with Crippen LogP contribution in [0.2, 0.25) is 0 Å². The molecule has 1 heterocycles. The van der Waals surface area contributed by atoms with Gasteiger partial charge in [-0.3, -0.25) is 0 Å². The Morgan fingerprint density at radius 2 is 2.05 bits per heavy atom. The zero-order valence-corrected chi connectivity index (χ0v) is 12.5. The fourth-order valence-corrected chi connectivity index (χ4v) is 2.37. The molecule has 2 rings (SSSR count). The Hall–Kier alpha value is -1.28. The first-order valence-corrected chi connectivity index (χ1v) is 7.91. The van der Waals surface area contributed by atoms with Crippen LogP contribution in [0, 0.1) is 0 Å². The summed E-state index contributed by atoms with van der Waals surface area (Å²) < 4.78 is 11.3. The molecule has 0 bridgehead atoms. The number of hydrogen-bond acceptors (Lipinski definition) is 2. The van der Waals surface area contributed by atoms with Crippen LogP contribution in [0.3, 0.4) is 0 Å². The lowest BCUT2D eigenvalue weighted by Crippen LogP contribution is -1.98. The van der Waals surface area contributed by atoms with Crippen LogP contribution in [0.25, 0.3) is 6.08 Å². The Bertz CT molecular complexity index is 388. The van der Waals surface area contributed by atoms with Gasteiger partial charge < -0.3 is 9.47 Å². The highest BCUT2D eigenvalue weighted by molar-refractivity contribution is 5.51. The van der Waals surface area contributed by atoms with Crippen molar-refractivity contribution in [1.29, 1.82) is 0 Å². The summed E-state index contributed by atoms with van der Waals surface area (Å²) in [6, 6.07) is 8.31. The molecule has 110 valence electrons. The third kappa shape index (κ3) is 5.38. The Morgan fingerprint density at radius 1 is 1.20 bits per heavy atom. The van der Waals surface area contributed by atoms with E-state index in [9.17, 15) is 0 Å². The van der Waals surface area contributed by atoms with E-state index >= 15 is 0 Å². The molecule has 1 aliphatic heterocycles. The van der Waals surface area contributed by atoms with Crippen LogP contribution >= 0.6 is 0 Å². The van der Waals surface area contributed by atoms with Crippen molar-refractivity contribution in [3.8, 4) is 5.75 Å². The largest absolute Gasteiger partial charge is 0.494 e. The average molecular weight is 274 g/mol. The Morgan fingerprint density at radius 3 is 2.75 bits per heavy atom. The third-order valence-electron chi connectivity index (χ3n) is 3.61. The van der Waals surface area contributed by atoms with Crippen molar-refractivity contribution in [2.45, 2.75) is 51.6 Å². The van der Waals surface area contributed by atoms with E-state index in [0.717, 1.165) is 31.8 Å². The predicted octanol–water partition coefficient (Wildman–Crippen LogP) is 4.84. The summed E-state index contributed by atoms with van der Waals surface area (Å²) in [5.74, 6) is 0.968. The lowest BCUT2D eigenvalue weighted by molar-refractivity contribution is 0.146. The van der Waals surface area contributed by atoms with Gasteiger partial charge in [-0.25, -0.2) is 0 Å². The van der Waals surface area contributed by atoms with Crippen LogP contribution < -0.4 is 4.74 Å². The van der Waals surface area contributed by atoms with E-state index in [2.05, 4.69) is 43.3 Å². The van der Waals surface area contributed by atoms with Crippen LogP contribution in [0.15, 0.2) is 30.3 Å². The van der Waals surface area contributed by atoms with Gasteiger partial charge in [-0.05, 0) is 37.0 Å². The molecule has 1 aliphatic rings. The van der Waals surface area contributed by atoms with Crippen LogP contribution in [-0.2, 0) is 4.74 Å². The van der Waals surface area contributed by atoms with E-state index in [1.807, 2.05) is 0 Å². The molecule has 0 spiro atoms. The monoisotopic (exact) mass is 274 g/mol. The van der Waals surface area contributed by atoms with Gasteiger partial charge in [0.25, 0.3) is 0 Å². The summed E-state index contributed by atoms with van der Waals surface area (Å²) >= 11 is 0. The molecule has 0 aromatic heterocycles. The predicted molar refractivity (Wildman–Crippen MR) is 84.1 cm³/mol. The molecule has 0 saturated carbocycles. The lowest BCUT2D eigenvalue weighted by atomic mass is 10.1. The fourth-order valence-electron chi connectivity index (χ4n) is 2.37. The Kier molecular flexibility index (Phi) is 6.65. The summed E-state index contributed by atoms with van der Waals surface area (Å²) in [5, 5.41) is 0. The van der Waals surface area contributed by atoms with Gasteiger partial charge in [0.2, 0.25) is 0 Å². The molecule has 20 heavy (non-hydrogen) atoms. The van der Waals surface area contributed by atoms with E-state index in [1.165, 1.54) is 31.2 Å². The minimum Gasteiger partial charge on any atom is -0.494 e. The van der Waals surface area contributed by atoms with Gasteiger partial charge in [-0.1, -0.05) is 50.5 Å². The van der Waals surface area contributed by atoms with Crippen LogP contribution in [0.1, 0.15) is 51.0 Å². The maximum Gasteiger partial charge on any atom is 0.119 e. The van der Waals surface area contributed by atoms with Crippen molar-refractivity contribution < 1.29 is 9.47 Å². The van der Waals surface area contributed by atoms with E-state index in [1.54, 1.807) is 0 Å². The standard InChI is InChI=1S/C18H26O2/c1-2-3-4-5-14-19-18-12-9-16(10-13-18)8-11-17-7-6-15-20-17/h8-13,17H,2-7,14-15H2,1H3/b11-8+. The summed E-state index contributed by atoms with van der Waals surface area (Å²) in [5.41, 5.74) is 1.21. The van der Waals surface area contributed by atoms with Gasteiger partial charge in [-0.2, -0.15) is 0 Å². The maximum absolute atomic E-state index is 5.74. The fraction of sp³-hybridized carbons (Fsp3) is 0.556. The topological polar surface area (TPSA) is 18.5 Å². The van der Waals surface area contributed by atoms with Gasteiger partial charge in [0.05, 0.1) is 12.7 Å². The zero-order chi connectivity index (χ0) is 14.0. The molecule has 2 heteroatoms. The van der Waals surface area contributed by atoms with Crippen molar-refractivity contribution >= 4 is 6.08 Å². The molecule has 2 nitrogen and oxygen atoms in total. The first kappa shape index (κ1) is 15.1. The van der Waals surface area contributed by atoms with E-state index < -0.39 is 0 Å². The Balaban J connectivity index is 1.71. The molecule has 1 aromatic carbocycles. The van der Waals surface area contributed by atoms with E-state index in [0.29, 0.717) is 6.10 Å². The summed E-state index contributed by atoms with van der Waals surface area (Å²) in [6.45, 7) is 3.95. The molecular formula is C18H26O2. The molecule has 0 amide bonds. The minimum atomic E-state index is 0.310. The number of ether oxygens (including phenoxy) is 2. The highest BCUT2D eigenvalue weighted by atomic mass is 16.5. The smallest absolute Gasteiger partial charge is 0.119 e. The lowest BCUT2D eigenvalue weighted by Gasteiger charge is -2.06. The van der Waals surface area contributed by atoms with Gasteiger partial charge in [0.15, 0.2) is 0 Å². The second-order valence-corrected chi connectivity index (χ2v) is 5.39. The van der Waals surface area contributed by atoms with Crippen LogP contribution in [-0.4, -0.2) is 19.3 Å². The minimum absolute atomic E-state index is 0.310. The van der Waals surface area contributed by atoms with Gasteiger partial charge in [0.1, 0.15) is 5.75 Å². The average Bonchev–Trinajstić information content (AvgIpc) is 2.99. The van der Waals surface area contributed by atoms with E-state index in [-0.39, 0.29) is 0 Å². The number of rotatable bonds is 8. The van der Waals surface area contributed by atoms with Crippen molar-refractivity contribution in [3.05, 3.63) is 35.9 Å². The highest BCUT2D eigenvalue weighted by Gasteiger charge is 2.11. The Labute approximate surface area is 122 Å². The summed E-state index contributed by atoms with van der Waals surface area (Å²) in [6.07, 6.45) is 11.9. The molecule has 0 aliphatic carbocycles. The highest BCUT2D eigenvalue weighted by Crippen LogP contribution is 2.17.